The predicted molar refractivity (Wildman–Crippen MR) is 152 cm³/mol. The number of hydrogen-bond donors (Lipinski definition) is 4. The first-order chi connectivity index (χ1) is 18.3. The molecule has 1 saturated carbocycles. The molecule has 3 aliphatic rings. The van der Waals surface area contributed by atoms with Crippen LogP contribution in [0, 0.1) is 5.92 Å². The summed E-state index contributed by atoms with van der Waals surface area (Å²) in [5, 5.41) is 12.7. The van der Waals surface area contributed by atoms with E-state index >= 15 is 0 Å². The average Bonchev–Trinajstić information content (AvgIpc) is 3.73. The van der Waals surface area contributed by atoms with Crippen LogP contribution in [0.2, 0.25) is 0 Å². The van der Waals surface area contributed by atoms with E-state index in [1.807, 2.05) is 24.3 Å². The Morgan fingerprint density at radius 3 is 2.42 bits per heavy atom. The summed E-state index contributed by atoms with van der Waals surface area (Å²) in [6.45, 7) is 0.713. The molecule has 0 amide bonds. The molecule has 0 unspecified atom stereocenters. The zero-order valence-electron chi connectivity index (χ0n) is 21.4. The van der Waals surface area contributed by atoms with Crippen LogP contribution in [0.1, 0.15) is 53.9 Å². The minimum Gasteiger partial charge on any atom is -0.490 e. The minimum absolute atomic E-state index is 0.0423. The number of fused-ring (bicyclic) bond motifs is 3. The van der Waals surface area contributed by atoms with Crippen LogP contribution < -0.4 is 10.1 Å². The van der Waals surface area contributed by atoms with Gasteiger partial charge < -0.3 is 15.2 Å². The summed E-state index contributed by atoms with van der Waals surface area (Å²) < 4.78 is 26.0. The highest BCUT2D eigenvalue weighted by atomic mass is 32.3. The summed E-state index contributed by atoms with van der Waals surface area (Å²) in [6, 6.07) is 21.4. The summed E-state index contributed by atoms with van der Waals surface area (Å²) in [4.78, 5) is 11.2. The van der Waals surface area contributed by atoms with Gasteiger partial charge in [0, 0.05) is 36.6 Å². The molecular weight excluding hydrogens is 498 g/mol. The van der Waals surface area contributed by atoms with Crippen LogP contribution in [-0.2, 0) is 24.2 Å². The summed E-state index contributed by atoms with van der Waals surface area (Å²) in [6.07, 6.45) is 5.31. The van der Waals surface area contributed by atoms with Crippen LogP contribution in [0.25, 0.3) is 11.1 Å². The fraction of sp³-hybridized carbons (Fsp3) is 0.387. The molecule has 7 heteroatoms. The Hall–Kier alpha value is -3.00. The lowest BCUT2D eigenvalue weighted by atomic mass is 9.94. The summed E-state index contributed by atoms with van der Waals surface area (Å²) in [5.74, 6) is 0.969. The number of anilines is 1. The number of carbonyl (C=O) groups is 1. The first-order valence-corrected chi connectivity index (χ1v) is 15.5. The highest BCUT2D eigenvalue weighted by Gasteiger charge is 2.44. The molecule has 4 N–H and O–H groups in total. The quantitative estimate of drug-likeness (QED) is 0.263. The van der Waals surface area contributed by atoms with Crippen LogP contribution in [0.3, 0.4) is 0 Å². The zero-order chi connectivity index (χ0) is 26.3. The van der Waals surface area contributed by atoms with Gasteiger partial charge in [-0.15, -0.1) is 0 Å². The van der Waals surface area contributed by atoms with Crippen LogP contribution in [-0.4, -0.2) is 37.8 Å². The lowest BCUT2D eigenvalue weighted by molar-refractivity contribution is -0.138. The highest BCUT2D eigenvalue weighted by Crippen LogP contribution is 2.48. The van der Waals surface area contributed by atoms with Crippen molar-refractivity contribution >= 4 is 22.2 Å². The van der Waals surface area contributed by atoms with E-state index < -0.39 is 16.6 Å². The third kappa shape index (κ3) is 5.55. The van der Waals surface area contributed by atoms with Gasteiger partial charge in [0.2, 0.25) is 0 Å². The maximum atomic E-state index is 11.2. The highest BCUT2D eigenvalue weighted by molar-refractivity contribution is 8.24. The van der Waals surface area contributed by atoms with Crippen molar-refractivity contribution in [2.75, 3.05) is 16.8 Å². The van der Waals surface area contributed by atoms with E-state index in [0.29, 0.717) is 30.9 Å². The van der Waals surface area contributed by atoms with Crippen molar-refractivity contribution in [3.05, 3.63) is 82.9 Å². The van der Waals surface area contributed by atoms with Crippen LogP contribution in [0.5, 0.6) is 5.75 Å². The lowest BCUT2D eigenvalue weighted by Gasteiger charge is -2.39. The molecule has 6 nitrogen and oxygen atoms in total. The van der Waals surface area contributed by atoms with Gasteiger partial charge in [0.25, 0.3) is 0 Å². The smallest absolute Gasteiger partial charge is 0.307 e. The van der Waals surface area contributed by atoms with Crippen molar-refractivity contribution in [1.29, 1.82) is 0 Å². The van der Waals surface area contributed by atoms with Gasteiger partial charge in [-0.05, 0) is 95.3 Å². The third-order valence-corrected chi connectivity index (χ3v) is 9.99. The number of ether oxygens (including phenoxy) is 1. The lowest BCUT2D eigenvalue weighted by Crippen LogP contribution is -2.28. The molecule has 1 aliphatic heterocycles. The van der Waals surface area contributed by atoms with Crippen molar-refractivity contribution in [3.63, 3.8) is 0 Å². The number of aliphatic carboxylic acids is 1. The van der Waals surface area contributed by atoms with Crippen molar-refractivity contribution in [2.24, 2.45) is 5.92 Å². The maximum Gasteiger partial charge on any atom is 0.307 e. The van der Waals surface area contributed by atoms with E-state index in [2.05, 4.69) is 41.7 Å². The molecule has 1 heterocycles. The Morgan fingerprint density at radius 1 is 0.921 bits per heavy atom. The summed E-state index contributed by atoms with van der Waals surface area (Å²) >= 11 is 0. The number of nitrogens with one attached hydrogen (secondary N) is 1. The van der Waals surface area contributed by atoms with Gasteiger partial charge in [0.05, 0.1) is 5.92 Å². The average molecular weight is 534 g/mol. The van der Waals surface area contributed by atoms with Gasteiger partial charge in [0.1, 0.15) is 11.9 Å². The topological polar surface area (TPSA) is 99.0 Å². The Labute approximate surface area is 225 Å². The van der Waals surface area contributed by atoms with E-state index in [1.54, 1.807) is 0 Å². The molecule has 0 aromatic heterocycles. The number of benzene rings is 3. The van der Waals surface area contributed by atoms with Crippen molar-refractivity contribution < 1.29 is 23.7 Å². The van der Waals surface area contributed by atoms with Gasteiger partial charge in [-0.2, -0.15) is 10.6 Å². The molecule has 3 aromatic rings. The zero-order valence-corrected chi connectivity index (χ0v) is 22.3. The molecule has 1 saturated heterocycles. The predicted octanol–water partition coefficient (Wildman–Crippen LogP) is 6.93. The second-order valence-electron chi connectivity index (χ2n) is 11.0. The number of rotatable bonds is 7. The van der Waals surface area contributed by atoms with E-state index in [4.69, 9.17) is 4.74 Å². The van der Waals surface area contributed by atoms with Crippen molar-refractivity contribution in [2.45, 2.75) is 57.1 Å². The molecule has 6 rings (SSSR count). The standard InChI is InChI=1S/C31H35NO5S/c33-31(34)30-18-29(30)22-6-8-24(9-7-22)32-19-20-4-5-21-2-1-3-23-17-26(10-11-27(23)28(21)16-20)37-25-12-14-38(35,36)15-13-25/h4-11,16-17,25,29-30,32,35-36H,1-3,12-15,18-19H2,(H,33,34)/t29-,30+/m1/s1. The molecule has 3 aromatic carbocycles. The van der Waals surface area contributed by atoms with Gasteiger partial charge in [0.15, 0.2) is 0 Å². The van der Waals surface area contributed by atoms with Gasteiger partial charge in [-0.3, -0.25) is 13.9 Å². The van der Waals surface area contributed by atoms with Crippen molar-refractivity contribution in [3.8, 4) is 16.9 Å². The van der Waals surface area contributed by atoms with E-state index in [1.165, 1.54) is 27.8 Å². The Bertz CT molecular complexity index is 1330. The number of carboxylic acids is 1. The second-order valence-corrected chi connectivity index (χ2v) is 13.4. The number of carboxylic acid groups (broad SMARTS) is 1. The summed E-state index contributed by atoms with van der Waals surface area (Å²) in [5.41, 5.74) is 8.59. The molecule has 0 spiro atoms. The molecule has 2 aliphatic carbocycles. The van der Waals surface area contributed by atoms with Gasteiger partial charge in [-0.1, -0.05) is 30.3 Å². The summed E-state index contributed by atoms with van der Waals surface area (Å²) in [7, 11) is -2.40. The Kier molecular flexibility index (Phi) is 6.84. The molecule has 2 fully saturated rings. The first kappa shape index (κ1) is 25.3. The SMILES string of the molecule is O=C(O)[C@H]1C[C@@H]1c1ccc(NCc2ccc3c(c2)-c2ccc(OC4CCS(O)(O)CC4)cc2CCC3)cc1. The van der Waals surface area contributed by atoms with Crippen LogP contribution in [0.15, 0.2) is 60.7 Å². The van der Waals surface area contributed by atoms with Crippen molar-refractivity contribution in [1.82, 2.24) is 0 Å². The third-order valence-electron chi connectivity index (χ3n) is 8.21. The fourth-order valence-electron chi connectivity index (χ4n) is 5.87. The normalized spacial score (nSPS) is 22.9. The molecule has 200 valence electrons. The second kappa shape index (κ2) is 10.3. The fourth-order valence-corrected chi connectivity index (χ4v) is 7.36. The maximum absolute atomic E-state index is 11.2. The van der Waals surface area contributed by atoms with Gasteiger partial charge >= 0.3 is 5.97 Å². The molecule has 0 radical (unpaired) electrons. The first-order valence-electron chi connectivity index (χ1n) is 13.6. The monoisotopic (exact) mass is 533 g/mol. The largest absolute Gasteiger partial charge is 0.490 e. The van der Waals surface area contributed by atoms with Crippen LogP contribution in [0.4, 0.5) is 5.69 Å². The molecule has 2 atom stereocenters. The Morgan fingerprint density at radius 2 is 1.68 bits per heavy atom. The van der Waals surface area contributed by atoms with E-state index in [9.17, 15) is 19.0 Å². The molecule has 38 heavy (non-hydrogen) atoms. The Balaban J connectivity index is 1.13. The van der Waals surface area contributed by atoms with E-state index in [0.717, 1.165) is 42.7 Å². The number of aryl methyl sites for hydroxylation is 2. The number of hydrogen-bond acceptors (Lipinski definition) is 5. The van der Waals surface area contributed by atoms with E-state index in [-0.39, 0.29) is 17.9 Å². The van der Waals surface area contributed by atoms with Gasteiger partial charge in [-0.25, -0.2) is 0 Å². The minimum atomic E-state index is -2.40. The molecule has 0 bridgehead atoms. The molecular formula is C31H35NO5S. The van der Waals surface area contributed by atoms with Crippen LogP contribution >= 0.6 is 10.6 Å².